The number of aliphatic hydroxyl groups is 1. The molecule has 1 fully saturated rings. The van der Waals surface area contributed by atoms with Crippen molar-refractivity contribution in [2.45, 2.75) is 44.6 Å². The van der Waals surface area contributed by atoms with Gasteiger partial charge in [0, 0.05) is 24.7 Å². The molecule has 8 heteroatoms. The number of carbonyl (C=O) groups excluding carboxylic acids is 3. The van der Waals surface area contributed by atoms with E-state index in [4.69, 9.17) is 0 Å². The molecule has 2 aromatic rings. The fourth-order valence-electron chi connectivity index (χ4n) is 3.86. The van der Waals surface area contributed by atoms with Gasteiger partial charge in [0.05, 0.1) is 17.8 Å². The maximum Gasteiger partial charge on any atom is 0.251 e. The molecule has 2 aliphatic rings. The molecule has 1 aromatic heterocycles. The van der Waals surface area contributed by atoms with E-state index in [1.165, 1.54) is 0 Å². The smallest absolute Gasteiger partial charge is 0.251 e. The Morgan fingerprint density at radius 1 is 1.31 bits per heavy atom. The van der Waals surface area contributed by atoms with E-state index in [0.717, 1.165) is 11.3 Å². The van der Waals surface area contributed by atoms with Gasteiger partial charge in [-0.3, -0.25) is 29.6 Å². The number of amides is 3. The minimum absolute atomic E-state index is 0.236. The molecule has 3 atom stereocenters. The number of fused-ring (bicyclic) bond motifs is 1. The lowest BCUT2D eigenvalue weighted by Gasteiger charge is -2.31. The van der Waals surface area contributed by atoms with E-state index in [1.807, 2.05) is 25.1 Å². The van der Waals surface area contributed by atoms with Crippen molar-refractivity contribution in [2.24, 2.45) is 0 Å². The first kappa shape index (κ1) is 19.2. The van der Waals surface area contributed by atoms with E-state index >= 15 is 0 Å². The molecule has 1 aromatic carbocycles. The van der Waals surface area contributed by atoms with Crippen LogP contribution in [0.5, 0.6) is 0 Å². The van der Waals surface area contributed by atoms with E-state index < -0.39 is 18.2 Å². The van der Waals surface area contributed by atoms with Gasteiger partial charge in [-0.05, 0) is 48.7 Å². The Morgan fingerprint density at radius 3 is 2.86 bits per heavy atom. The molecule has 4 rings (SSSR count). The van der Waals surface area contributed by atoms with Crippen LogP contribution < -0.4 is 10.6 Å². The van der Waals surface area contributed by atoms with E-state index in [9.17, 15) is 19.5 Å². The number of hydrogen-bond donors (Lipinski definition) is 3. The standard InChI is InChI=1S/C21H22N4O4/c1-12(16-4-2-3-9-22-16)23-19(27)13-5-6-15-14(10-13)11-25(21(15)29)17-7-8-18(26)24-20(17)28/h2-6,9-10,12,17,21,29H,7-8,11H2,1H3,(H,23,27)(H,24,26,28)/t12-,17?,21?/m0/s1. The lowest BCUT2D eigenvalue weighted by atomic mass is 10.0. The molecule has 0 radical (unpaired) electrons. The zero-order valence-corrected chi connectivity index (χ0v) is 16.0. The molecule has 0 aliphatic carbocycles. The van der Waals surface area contributed by atoms with Crippen LogP contribution in [-0.4, -0.2) is 38.8 Å². The van der Waals surface area contributed by atoms with Crippen LogP contribution in [0.3, 0.4) is 0 Å². The Hall–Kier alpha value is -3.10. The van der Waals surface area contributed by atoms with Gasteiger partial charge in [0.25, 0.3) is 5.91 Å². The summed E-state index contributed by atoms with van der Waals surface area (Å²) < 4.78 is 0. The monoisotopic (exact) mass is 394 g/mol. The Bertz CT molecular complexity index is 962. The summed E-state index contributed by atoms with van der Waals surface area (Å²) in [7, 11) is 0. The summed E-state index contributed by atoms with van der Waals surface area (Å²) in [5, 5.41) is 15.9. The Labute approximate surface area is 167 Å². The summed E-state index contributed by atoms with van der Waals surface area (Å²) in [6.45, 7) is 2.20. The molecule has 150 valence electrons. The quantitative estimate of drug-likeness (QED) is 0.672. The predicted molar refractivity (Wildman–Crippen MR) is 103 cm³/mol. The van der Waals surface area contributed by atoms with E-state index in [1.54, 1.807) is 29.3 Å². The summed E-state index contributed by atoms with van der Waals surface area (Å²) >= 11 is 0. The molecule has 1 saturated heterocycles. The van der Waals surface area contributed by atoms with Gasteiger partial charge in [-0.25, -0.2) is 0 Å². The van der Waals surface area contributed by atoms with Crippen molar-refractivity contribution >= 4 is 17.7 Å². The normalized spacial score (nSPS) is 22.7. The van der Waals surface area contributed by atoms with E-state index in [0.29, 0.717) is 24.1 Å². The SMILES string of the molecule is C[C@H](NC(=O)c1ccc2c(c1)CN(C1CCC(=O)NC1=O)C2O)c1ccccn1. The van der Waals surface area contributed by atoms with Crippen molar-refractivity contribution in [3.63, 3.8) is 0 Å². The van der Waals surface area contributed by atoms with Gasteiger partial charge in [-0.2, -0.15) is 0 Å². The molecule has 3 N–H and O–H groups in total. The lowest BCUT2D eigenvalue weighted by Crippen LogP contribution is -2.51. The van der Waals surface area contributed by atoms with Gasteiger partial charge >= 0.3 is 0 Å². The zero-order chi connectivity index (χ0) is 20.5. The molecule has 29 heavy (non-hydrogen) atoms. The topological polar surface area (TPSA) is 112 Å². The number of piperidine rings is 1. The van der Waals surface area contributed by atoms with Crippen LogP contribution >= 0.6 is 0 Å². The maximum atomic E-state index is 12.7. The zero-order valence-electron chi connectivity index (χ0n) is 16.0. The van der Waals surface area contributed by atoms with Gasteiger partial charge in [-0.1, -0.05) is 12.1 Å². The van der Waals surface area contributed by atoms with Gasteiger partial charge in [-0.15, -0.1) is 0 Å². The Balaban J connectivity index is 1.48. The Morgan fingerprint density at radius 2 is 2.14 bits per heavy atom. The summed E-state index contributed by atoms with van der Waals surface area (Å²) in [4.78, 5) is 42.1. The van der Waals surface area contributed by atoms with E-state index in [2.05, 4.69) is 15.6 Å². The van der Waals surface area contributed by atoms with Crippen LogP contribution in [0.1, 0.15) is 59.2 Å². The second-order valence-electron chi connectivity index (χ2n) is 7.38. The highest BCUT2D eigenvalue weighted by Gasteiger charge is 2.39. The minimum Gasteiger partial charge on any atom is -0.374 e. The fraction of sp³-hybridized carbons (Fsp3) is 0.333. The van der Waals surface area contributed by atoms with Crippen LogP contribution in [0.25, 0.3) is 0 Å². The highest BCUT2D eigenvalue weighted by molar-refractivity contribution is 6.00. The van der Waals surface area contributed by atoms with Crippen molar-refractivity contribution in [1.29, 1.82) is 0 Å². The van der Waals surface area contributed by atoms with Crippen molar-refractivity contribution < 1.29 is 19.5 Å². The third kappa shape index (κ3) is 3.76. The molecule has 0 saturated carbocycles. The van der Waals surface area contributed by atoms with E-state index in [-0.39, 0.29) is 24.3 Å². The van der Waals surface area contributed by atoms with Crippen molar-refractivity contribution in [2.75, 3.05) is 0 Å². The number of benzene rings is 1. The first-order valence-electron chi connectivity index (χ1n) is 9.56. The van der Waals surface area contributed by atoms with Gasteiger partial charge in [0.15, 0.2) is 0 Å². The average molecular weight is 394 g/mol. The molecule has 2 unspecified atom stereocenters. The lowest BCUT2D eigenvalue weighted by molar-refractivity contribution is -0.141. The highest BCUT2D eigenvalue weighted by atomic mass is 16.3. The number of aromatic nitrogens is 1. The van der Waals surface area contributed by atoms with Crippen molar-refractivity contribution in [1.82, 2.24) is 20.5 Å². The Kier molecular flexibility index (Phi) is 5.12. The molecule has 3 heterocycles. The maximum absolute atomic E-state index is 12.7. The number of pyridine rings is 1. The largest absolute Gasteiger partial charge is 0.374 e. The molecule has 2 aliphatic heterocycles. The van der Waals surface area contributed by atoms with Crippen LogP contribution in [0.15, 0.2) is 42.6 Å². The summed E-state index contributed by atoms with van der Waals surface area (Å²) in [5.41, 5.74) is 2.70. The molecular weight excluding hydrogens is 372 g/mol. The average Bonchev–Trinajstić information content (AvgIpc) is 3.04. The number of imide groups is 1. The summed E-state index contributed by atoms with van der Waals surface area (Å²) in [6, 6.07) is 9.83. The highest BCUT2D eigenvalue weighted by Crippen LogP contribution is 2.35. The van der Waals surface area contributed by atoms with Gasteiger partial charge in [0.2, 0.25) is 11.8 Å². The van der Waals surface area contributed by atoms with Gasteiger partial charge in [0.1, 0.15) is 6.23 Å². The molecule has 3 amide bonds. The second kappa shape index (κ2) is 7.73. The second-order valence-corrected chi connectivity index (χ2v) is 7.38. The number of carbonyl (C=O) groups is 3. The molecule has 0 bridgehead atoms. The predicted octanol–water partition coefficient (Wildman–Crippen LogP) is 1.18. The van der Waals surface area contributed by atoms with Crippen molar-refractivity contribution in [3.8, 4) is 0 Å². The minimum atomic E-state index is -0.946. The van der Waals surface area contributed by atoms with Gasteiger partial charge < -0.3 is 10.4 Å². The number of hydrogen-bond acceptors (Lipinski definition) is 6. The third-order valence-electron chi connectivity index (χ3n) is 5.44. The summed E-state index contributed by atoms with van der Waals surface area (Å²) in [5.74, 6) is -0.923. The first-order valence-corrected chi connectivity index (χ1v) is 9.56. The number of nitrogens with one attached hydrogen (secondary N) is 2. The van der Waals surface area contributed by atoms with Crippen LogP contribution in [0.4, 0.5) is 0 Å². The number of nitrogens with zero attached hydrogens (tertiary/aromatic N) is 2. The number of aliphatic hydroxyl groups excluding tert-OH is 1. The molecule has 0 spiro atoms. The van der Waals surface area contributed by atoms with Crippen molar-refractivity contribution in [3.05, 3.63) is 65.0 Å². The van der Waals surface area contributed by atoms with Crippen LogP contribution in [-0.2, 0) is 16.1 Å². The van der Waals surface area contributed by atoms with Crippen LogP contribution in [0, 0.1) is 0 Å². The summed E-state index contributed by atoms with van der Waals surface area (Å²) in [6.07, 6.45) is 1.34. The first-order chi connectivity index (χ1) is 13.9. The molecular formula is C21H22N4O4. The third-order valence-corrected chi connectivity index (χ3v) is 5.44. The number of rotatable bonds is 4. The fourth-order valence-corrected chi connectivity index (χ4v) is 3.86. The molecule has 8 nitrogen and oxygen atoms in total. The van der Waals surface area contributed by atoms with Crippen LogP contribution in [0.2, 0.25) is 0 Å².